The van der Waals surface area contributed by atoms with Gasteiger partial charge in [-0.15, -0.1) is 11.8 Å². The normalized spacial score (nSPS) is 10.5. The molecule has 0 atom stereocenters. The van der Waals surface area contributed by atoms with E-state index >= 15 is 0 Å². The number of nitrogens with zero attached hydrogens (tertiary/aromatic N) is 3. The summed E-state index contributed by atoms with van der Waals surface area (Å²) in [4.78, 5) is 12.4. The van der Waals surface area contributed by atoms with Gasteiger partial charge < -0.3 is 5.32 Å². The molecule has 1 N–H and O–H groups in total. The lowest BCUT2D eigenvalue weighted by Gasteiger charge is -2.06. The van der Waals surface area contributed by atoms with Gasteiger partial charge in [0.2, 0.25) is 5.91 Å². The molecule has 3 aromatic carbocycles. The Morgan fingerprint density at radius 3 is 2.34 bits per heavy atom. The van der Waals surface area contributed by atoms with Gasteiger partial charge in [0.25, 0.3) is 0 Å². The number of amides is 1. The Morgan fingerprint density at radius 2 is 1.66 bits per heavy atom. The first-order valence-corrected chi connectivity index (χ1v) is 11.4. The van der Waals surface area contributed by atoms with Gasteiger partial charge in [-0.25, -0.2) is 4.68 Å². The van der Waals surface area contributed by atoms with Gasteiger partial charge in [-0.3, -0.25) is 4.79 Å². The molecule has 0 saturated carbocycles. The van der Waals surface area contributed by atoms with Crippen LogP contribution < -0.4 is 5.32 Å². The highest BCUT2D eigenvalue weighted by molar-refractivity contribution is 7.99. The van der Waals surface area contributed by atoms with Gasteiger partial charge in [0.1, 0.15) is 0 Å². The first-order valence-electron chi connectivity index (χ1n) is 10.3. The van der Waals surface area contributed by atoms with Crippen LogP contribution in [0.15, 0.2) is 91.1 Å². The molecule has 1 amide bonds. The molecular formula is C26H22N4OS. The van der Waals surface area contributed by atoms with Gasteiger partial charge in [0.15, 0.2) is 0 Å². The molecule has 32 heavy (non-hydrogen) atoms. The molecule has 6 heteroatoms. The maximum Gasteiger partial charge on any atom is 0.230 e. The summed E-state index contributed by atoms with van der Waals surface area (Å²) in [6.45, 7) is 0.410. The molecule has 0 bridgehead atoms. The number of thioether (sulfide) groups is 1. The van der Waals surface area contributed by atoms with Crippen LogP contribution in [0.4, 0.5) is 0 Å². The first-order chi connectivity index (χ1) is 15.7. The van der Waals surface area contributed by atoms with E-state index in [2.05, 4.69) is 11.4 Å². The van der Waals surface area contributed by atoms with Crippen molar-refractivity contribution in [3.8, 4) is 23.0 Å². The number of nitriles is 1. The van der Waals surface area contributed by atoms with E-state index in [9.17, 15) is 4.79 Å². The largest absolute Gasteiger partial charge is 0.351 e. The summed E-state index contributed by atoms with van der Waals surface area (Å²) in [5.41, 5.74) is 5.55. The summed E-state index contributed by atoms with van der Waals surface area (Å²) in [6, 6.07) is 29.5. The van der Waals surface area contributed by atoms with Crippen LogP contribution in [-0.2, 0) is 17.1 Å². The van der Waals surface area contributed by atoms with Gasteiger partial charge in [0.05, 0.1) is 28.8 Å². The van der Waals surface area contributed by atoms with Crippen LogP contribution in [0.2, 0.25) is 0 Å². The average molecular weight is 439 g/mol. The van der Waals surface area contributed by atoms with Crippen LogP contribution in [0, 0.1) is 11.3 Å². The monoisotopic (exact) mass is 438 g/mol. The van der Waals surface area contributed by atoms with Crippen molar-refractivity contribution in [3.05, 3.63) is 108 Å². The Bertz CT molecular complexity index is 1210. The highest BCUT2D eigenvalue weighted by Crippen LogP contribution is 2.23. The van der Waals surface area contributed by atoms with Gasteiger partial charge in [-0.05, 0) is 29.8 Å². The number of aromatic nitrogens is 2. The summed E-state index contributed by atoms with van der Waals surface area (Å²) >= 11 is 1.55. The fourth-order valence-electron chi connectivity index (χ4n) is 3.27. The third kappa shape index (κ3) is 5.45. The number of benzene rings is 3. The predicted molar refractivity (Wildman–Crippen MR) is 128 cm³/mol. The number of carbonyl (C=O) groups excluding carboxylic acids is 1. The number of carbonyl (C=O) groups is 1. The molecule has 0 spiro atoms. The second kappa shape index (κ2) is 10.5. The summed E-state index contributed by atoms with van der Waals surface area (Å²) in [7, 11) is 0. The molecule has 4 rings (SSSR count). The summed E-state index contributed by atoms with van der Waals surface area (Å²) in [5, 5.41) is 16.7. The van der Waals surface area contributed by atoms with Gasteiger partial charge >= 0.3 is 0 Å². The van der Waals surface area contributed by atoms with Crippen LogP contribution in [0.3, 0.4) is 0 Å². The van der Waals surface area contributed by atoms with E-state index in [0.29, 0.717) is 17.9 Å². The summed E-state index contributed by atoms with van der Waals surface area (Å²) < 4.78 is 1.85. The van der Waals surface area contributed by atoms with Crippen molar-refractivity contribution in [2.45, 2.75) is 12.3 Å². The van der Waals surface area contributed by atoms with Crippen LogP contribution in [-0.4, -0.2) is 21.4 Å². The summed E-state index contributed by atoms with van der Waals surface area (Å²) in [6.07, 6.45) is 1.97. The Labute approximate surface area is 191 Å². The van der Waals surface area contributed by atoms with E-state index in [1.54, 1.807) is 23.9 Å². The van der Waals surface area contributed by atoms with Crippen LogP contribution >= 0.6 is 11.8 Å². The molecule has 0 saturated heterocycles. The Morgan fingerprint density at radius 1 is 0.969 bits per heavy atom. The molecule has 4 aromatic rings. The lowest BCUT2D eigenvalue weighted by atomic mass is 10.1. The van der Waals surface area contributed by atoms with Gasteiger partial charge in [-0.2, -0.15) is 10.4 Å². The van der Waals surface area contributed by atoms with Crippen molar-refractivity contribution in [3.63, 3.8) is 0 Å². The lowest BCUT2D eigenvalue weighted by molar-refractivity contribution is -0.118. The summed E-state index contributed by atoms with van der Waals surface area (Å²) in [5.74, 6) is 1.07. The van der Waals surface area contributed by atoms with Crippen molar-refractivity contribution in [2.75, 3.05) is 5.75 Å². The Kier molecular flexibility index (Phi) is 7.01. The molecule has 0 aliphatic rings. The maximum atomic E-state index is 12.4. The molecular weight excluding hydrogens is 416 g/mol. The van der Waals surface area contributed by atoms with Crippen molar-refractivity contribution < 1.29 is 4.79 Å². The molecule has 1 aromatic heterocycles. The van der Waals surface area contributed by atoms with Crippen molar-refractivity contribution in [1.82, 2.24) is 15.1 Å². The lowest BCUT2D eigenvalue weighted by Crippen LogP contribution is -2.24. The van der Waals surface area contributed by atoms with Crippen LogP contribution in [0.5, 0.6) is 0 Å². The molecule has 0 aliphatic carbocycles. The second-order valence-electron chi connectivity index (χ2n) is 7.23. The number of nitrogens with one attached hydrogen (secondary N) is 1. The van der Waals surface area contributed by atoms with Crippen molar-refractivity contribution in [2.24, 2.45) is 0 Å². The highest BCUT2D eigenvalue weighted by atomic mass is 32.2. The first kappa shape index (κ1) is 21.4. The van der Waals surface area contributed by atoms with Crippen molar-refractivity contribution in [1.29, 1.82) is 5.26 Å². The minimum absolute atomic E-state index is 0.0184. The van der Waals surface area contributed by atoms with E-state index in [0.717, 1.165) is 33.8 Å². The Hall–Kier alpha value is -3.82. The van der Waals surface area contributed by atoms with E-state index in [4.69, 9.17) is 10.4 Å². The van der Waals surface area contributed by atoms with Gasteiger partial charge in [0, 0.05) is 29.6 Å². The SMILES string of the molecule is N#Cc1ccc(CSCC(=O)NCc2cn(-c3ccccc3)nc2-c2ccccc2)cc1. The predicted octanol–water partition coefficient (Wildman–Crippen LogP) is 4.96. The third-order valence-electron chi connectivity index (χ3n) is 4.92. The average Bonchev–Trinajstić information content (AvgIpc) is 3.29. The fraction of sp³-hybridized carbons (Fsp3) is 0.115. The van der Waals surface area contributed by atoms with Gasteiger partial charge in [-0.1, -0.05) is 60.7 Å². The standard InChI is InChI=1S/C26H22N4OS/c27-15-20-11-13-21(14-12-20)18-32-19-25(31)28-16-23-17-30(24-9-5-2-6-10-24)29-26(23)22-7-3-1-4-8-22/h1-14,17H,16,18-19H2,(H,28,31). The molecule has 5 nitrogen and oxygen atoms in total. The molecule has 0 aliphatic heterocycles. The highest BCUT2D eigenvalue weighted by Gasteiger charge is 2.13. The molecule has 0 unspecified atom stereocenters. The minimum atomic E-state index is -0.0184. The second-order valence-corrected chi connectivity index (χ2v) is 8.21. The molecule has 0 radical (unpaired) electrons. The third-order valence-corrected chi connectivity index (χ3v) is 5.92. The molecule has 158 valence electrons. The van der Waals surface area contributed by atoms with Crippen molar-refractivity contribution >= 4 is 17.7 Å². The smallest absolute Gasteiger partial charge is 0.230 e. The van der Waals surface area contributed by atoms with E-state index < -0.39 is 0 Å². The zero-order valence-electron chi connectivity index (χ0n) is 17.4. The quantitative estimate of drug-likeness (QED) is 0.422. The molecule has 0 fully saturated rings. The Balaban J connectivity index is 1.40. The zero-order valence-corrected chi connectivity index (χ0v) is 18.3. The number of hydrogen-bond donors (Lipinski definition) is 1. The minimum Gasteiger partial charge on any atom is -0.351 e. The number of para-hydroxylation sites is 1. The maximum absolute atomic E-state index is 12.4. The topological polar surface area (TPSA) is 70.7 Å². The number of hydrogen-bond acceptors (Lipinski definition) is 4. The van der Waals surface area contributed by atoms with Crippen LogP contribution in [0.1, 0.15) is 16.7 Å². The van der Waals surface area contributed by atoms with E-state index in [1.165, 1.54) is 0 Å². The van der Waals surface area contributed by atoms with E-state index in [1.807, 2.05) is 83.7 Å². The zero-order chi connectivity index (χ0) is 22.2. The van der Waals surface area contributed by atoms with E-state index in [-0.39, 0.29) is 5.91 Å². The molecule has 1 heterocycles. The number of rotatable bonds is 8. The fourth-order valence-corrected chi connectivity index (χ4v) is 4.09. The van der Waals surface area contributed by atoms with Crippen LogP contribution in [0.25, 0.3) is 16.9 Å².